The molecule has 0 saturated carbocycles. The van der Waals surface area contributed by atoms with Gasteiger partial charge >= 0.3 is 5.97 Å². The van der Waals surface area contributed by atoms with Crippen LogP contribution in [0.15, 0.2) is 18.2 Å². The Labute approximate surface area is 88.9 Å². The molecule has 1 aromatic rings. The van der Waals surface area contributed by atoms with E-state index in [0.29, 0.717) is 5.75 Å². The molecule has 0 spiro atoms. The summed E-state index contributed by atoms with van der Waals surface area (Å²) in [6.07, 6.45) is 0.0266. The Morgan fingerprint density at radius 2 is 2.07 bits per heavy atom. The summed E-state index contributed by atoms with van der Waals surface area (Å²) >= 11 is 0. The van der Waals surface area contributed by atoms with Gasteiger partial charge < -0.3 is 15.2 Å². The fraction of sp³-hybridized carbons (Fsp3) is 0.364. The van der Waals surface area contributed by atoms with Crippen LogP contribution in [0.3, 0.4) is 0 Å². The fourth-order valence-electron chi connectivity index (χ4n) is 1.21. The summed E-state index contributed by atoms with van der Waals surface area (Å²) in [7, 11) is 1.74. The first-order valence-electron chi connectivity index (χ1n) is 4.75. The molecule has 1 aromatic carbocycles. The van der Waals surface area contributed by atoms with Crippen LogP contribution in [0.25, 0.3) is 0 Å². The van der Waals surface area contributed by atoms with Crippen LogP contribution in [-0.4, -0.2) is 24.2 Å². The van der Waals surface area contributed by atoms with E-state index in [-0.39, 0.29) is 11.7 Å². The highest BCUT2D eigenvalue weighted by atomic mass is 16.5. The van der Waals surface area contributed by atoms with Crippen molar-refractivity contribution in [3.63, 3.8) is 0 Å². The SMILES string of the molecule is CNc1cc(OC(C)C)cc(C(=O)O)c1. The molecule has 82 valence electrons. The number of rotatable bonds is 4. The zero-order valence-corrected chi connectivity index (χ0v) is 9.07. The van der Waals surface area contributed by atoms with Crippen LogP contribution >= 0.6 is 0 Å². The van der Waals surface area contributed by atoms with Crippen LogP contribution in [0.5, 0.6) is 5.75 Å². The summed E-state index contributed by atoms with van der Waals surface area (Å²) in [5.74, 6) is -0.394. The fourth-order valence-corrected chi connectivity index (χ4v) is 1.21. The number of hydrogen-bond donors (Lipinski definition) is 2. The predicted octanol–water partition coefficient (Wildman–Crippen LogP) is 2.21. The summed E-state index contributed by atoms with van der Waals surface area (Å²) in [5, 5.41) is 11.8. The van der Waals surface area contributed by atoms with Gasteiger partial charge in [-0.3, -0.25) is 0 Å². The van der Waals surface area contributed by atoms with Crippen molar-refractivity contribution < 1.29 is 14.6 Å². The lowest BCUT2D eigenvalue weighted by Crippen LogP contribution is -2.07. The van der Waals surface area contributed by atoms with Gasteiger partial charge in [0.25, 0.3) is 0 Å². The number of nitrogens with one attached hydrogen (secondary N) is 1. The van der Waals surface area contributed by atoms with E-state index in [9.17, 15) is 4.79 Å². The van der Waals surface area contributed by atoms with Crippen LogP contribution in [0.1, 0.15) is 24.2 Å². The van der Waals surface area contributed by atoms with Crippen molar-refractivity contribution in [2.45, 2.75) is 20.0 Å². The number of ether oxygens (including phenoxy) is 1. The van der Waals surface area contributed by atoms with Crippen LogP contribution < -0.4 is 10.1 Å². The lowest BCUT2D eigenvalue weighted by Gasteiger charge is -2.12. The van der Waals surface area contributed by atoms with Crippen molar-refractivity contribution in [2.24, 2.45) is 0 Å². The minimum absolute atomic E-state index is 0.0266. The molecule has 0 fully saturated rings. The molecule has 0 aromatic heterocycles. The second-order valence-electron chi connectivity index (χ2n) is 3.47. The molecule has 0 atom stereocenters. The number of benzene rings is 1. The third-order valence-electron chi connectivity index (χ3n) is 1.81. The van der Waals surface area contributed by atoms with Gasteiger partial charge in [0.05, 0.1) is 11.7 Å². The van der Waals surface area contributed by atoms with Gasteiger partial charge in [0.15, 0.2) is 0 Å². The maximum absolute atomic E-state index is 10.8. The highest BCUT2D eigenvalue weighted by Gasteiger charge is 2.08. The van der Waals surface area contributed by atoms with Crippen LogP contribution in [0.4, 0.5) is 5.69 Å². The topological polar surface area (TPSA) is 58.6 Å². The first kappa shape index (κ1) is 11.4. The molecular weight excluding hydrogens is 194 g/mol. The van der Waals surface area contributed by atoms with Gasteiger partial charge in [0.2, 0.25) is 0 Å². The van der Waals surface area contributed by atoms with Crippen molar-refractivity contribution in [1.29, 1.82) is 0 Å². The zero-order chi connectivity index (χ0) is 11.4. The van der Waals surface area contributed by atoms with Crippen LogP contribution in [0, 0.1) is 0 Å². The van der Waals surface area contributed by atoms with Gasteiger partial charge in [0.1, 0.15) is 5.75 Å². The second-order valence-corrected chi connectivity index (χ2v) is 3.47. The lowest BCUT2D eigenvalue weighted by atomic mass is 10.2. The molecule has 0 heterocycles. The molecule has 0 radical (unpaired) electrons. The normalized spacial score (nSPS) is 10.1. The Kier molecular flexibility index (Phi) is 3.55. The average molecular weight is 209 g/mol. The first-order chi connectivity index (χ1) is 7.02. The van der Waals surface area contributed by atoms with Crippen LogP contribution in [0.2, 0.25) is 0 Å². The second kappa shape index (κ2) is 4.68. The van der Waals surface area contributed by atoms with Crippen molar-refractivity contribution >= 4 is 11.7 Å². The molecule has 0 amide bonds. The van der Waals surface area contributed by atoms with Crippen molar-refractivity contribution in [3.05, 3.63) is 23.8 Å². The number of anilines is 1. The van der Waals surface area contributed by atoms with Gasteiger partial charge in [-0.05, 0) is 26.0 Å². The Hall–Kier alpha value is -1.71. The van der Waals surface area contributed by atoms with E-state index in [1.54, 1.807) is 19.2 Å². The molecular formula is C11H15NO3. The van der Waals surface area contributed by atoms with Gasteiger partial charge in [0, 0.05) is 18.8 Å². The third kappa shape index (κ3) is 3.16. The maximum atomic E-state index is 10.8. The summed E-state index contributed by atoms with van der Waals surface area (Å²) in [4.78, 5) is 10.8. The predicted molar refractivity (Wildman–Crippen MR) is 58.7 cm³/mol. The van der Waals surface area contributed by atoms with Gasteiger partial charge in [-0.25, -0.2) is 4.79 Å². The number of carboxylic acid groups (broad SMARTS) is 1. The molecule has 1 rings (SSSR count). The number of hydrogen-bond acceptors (Lipinski definition) is 3. The Morgan fingerprint density at radius 3 is 2.53 bits per heavy atom. The summed E-state index contributed by atoms with van der Waals surface area (Å²) in [6.45, 7) is 3.79. The molecule has 4 heteroatoms. The quantitative estimate of drug-likeness (QED) is 0.798. The van der Waals surface area contributed by atoms with E-state index >= 15 is 0 Å². The van der Waals surface area contributed by atoms with E-state index in [4.69, 9.17) is 9.84 Å². The number of carboxylic acids is 1. The minimum atomic E-state index is -0.958. The highest BCUT2D eigenvalue weighted by Crippen LogP contribution is 2.21. The van der Waals surface area contributed by atoms with E-state index < -0.39 is 5.97 Å². The van der Waals surface area contributed by atoms with Crippen molar-refractivity contribution in [1.82, 2.24) is 0 Å². The van der Waals surface area contributed by atoms with E-state index in [2.05, 4.69) is 5.32 Å². The third-order valence-corrected chi connectivity index (χ3v) is 1.81. The molecule has 0 aliphatic heterocycles. The van der Waals surface area contributed by atoms with Gasteiger partial charge in [-0.1, -0.05) is 0 Å². The monoisotopic (exact) mass is 209 g/mol. The first-order valence-corrected chi connectivity index (χ1v) is 4.75. The maximum Gasteiger partial charge on any atom is 0.335 e. The largest absolute Gasteiger partial charge is 0.491 e. The Balaban J connectivity index is 3.05. The molecule has 0 bridgehead atoms. The highest BCUT2D eigenvalue weighted by molar-refractivity contribution is 5.89. The Bertz CT molecular complexity index is 361. The van der Waals surface area contributed by atoms with Gasteiger partial charge in [-0.2, -0.15) is 0 Å². The summed E-state index contributed by atoms with van der Waals surface area (Å²) in [6, 6.07) is 4.85. The molecule has 0 unspecified atom stereocenters. The number of aromatic carboxylic acids is 1. The molecule has 0 saturated heterocycles. The van der Waals surface area contributed by atoms with Crippen LogP contribution in [-0.2, 0) is 0 Å². The van der Waals surface area contributed by atoms with E-state index in [1.807, 2.05) is 13.8 Å². The zero-order valence-electron chi connectivity index (χ0n) is 9.07. The lowest BCUT2D eigenvalue weighted by molar-refractivity contribution is 0.0696. The summed E-state index contributed by atoms with van der Waals surface area (Å²) in [5.41, 5.74) is 0.947. The molecule has 15 heavy (non-hydrogen) atoms. The van der Waals surface area contributed by atoms with E-state index in [0.717, 1.165) is 5.69 Å². The molecule has 4 nitrogen and oxygen atoms in total. The molecule has 0 aliphatic rings. The average Bonchev–Trinajstić information content (AvgIpc) is 2.16. The minimum Gasteiger partial charge on any atom is -0.491 e. The molecule has 2 N–H and O–H groups in total. The van der Waals surface area contributed by atoms with Crippen molar-refractivity contribution in [2.75, 3.05) is 12.4 Å². The Morgan fingerprint density at radius 1 is 1.40 bits per heavy atom. The van der Waals surface area contributed by atoms with Gasteiger partial charge in [-0.15, -0.1) is 0 Å². The standard InChI is InChI=1S/C11H15NO3/c1-7(2)15-10-5-8(11(13)14)4-9(6-10)12-3/h4-7,12H,1-3H3,(H,13,14). The van der Waals surface area contributed by atoms with Crippen molar-refractivity contribution in [3.8, 4) is 5.75 Å². The summed E-state index contributed by atoms with van der Waals surface area (Å²) < 4.78 is 5.44. The number of carbonyl (C=O) groups is 1. The van der Waals surface area contributed by atoms with E-state index in [1.165, 1.54) is 6.07 Å². The smallest absolute Gasteiger partial charge is 0.335 e. The molecule has 0 aliphatic carbocycles.